The zero-order valence-corrected chi connectivity index (χ0v) is 20.6. The molecule has 3 aliphatic rings. The van der Waals surface area contributed by atoms with Crippen LogP contribution >= 0.6 is 0 Å². The van der Waals surface area contributed by atoms with E-state index in [0.29, 0.717) is 25.9 Å². The second-order valence-electron chi connectivity index (χ2n) is 9.57. The highest BCUT2D eigenvalue weighted by Gasteiger charge is 2.51. The second-order valence-corrected chi connectivity index (χ2v) is 11.7. The maximum atomic E-state index is 13.3. The standard InChI is InChI=1S/C23H32N6O4S/c1-15(16-6-4-8-19(10-16)34(32,33)26(2)3)29-18-11-21(23(29)31)27(13-18)14-20(25)22(30)28-9-5-7-17(28)12-24/h4,6,8,10,15,17-18,20-21H,5,7,9,11,13-14,25H2,1-3H3/t15-,17-,18+,20-,21+/m0/s1. The van der Waals surface area contributed by atoms with Crippen LogP contribution in [0.2, 0.25) is 0 Å². The highest BCUT2D eigenvalue weighted by molar-refractivity contribution is 7.89. The molecule has 3 aliphatic heterocycles. The molecule has 0 unspecified atom stereocenters. The van der Waals surface area contributed by atoms with Gasteiger partial charge in [0.15, 0.2) is 0 Å². The van der Waals surface area contributed by atoms with E-state index in [2.05, 4.69) is 6.07 Å². The van der Waals surface area contributed by atoms with Crippen molar-refractivity contribution in [2.45, 2.75) is 61.3 Å². The smallest absolute Gasteiger partial charge is 0.242 e. The summed E-state index contributed by atoms with van der Waals surface area (Å²) in [6, 6.07) is 7.05. The third kappa shape index (κ3) is 4.20. The largest absolute Gasteiger partial charge is 0.330 e. The number of amides is 2. The predicted molar refractivity (Wildman–Crippen MR) is 125 cm³/mol. The van der Waals surface area contributed by atoms with Gasteiger partial charge in [-0.05, 0) is 43.9 Å². The normalized spacial score (nSPS) is 26.8. The van der Waals surface area contributed by atoms with Gasteiger partial charge >= 0.3 is 0 Å². The van der Waals surface area contributed by atoms with Crippen LogP contribution in [0.15, 0.2) is 29.2 Å². The van der Waals surface area contributed by atoms with Crippen LogP contribution in [0.3, 0.4) is 0 Å². The summed E-state index contributed by atoms with van der Waals surface area (Å²) in [5.41, 5.74) is 6.97. The lowest BCUT2D eigenvalue weighted by Crippen LogP contribution is -2.56. The summed E-state index contributed by atoms with van der Waals surface area (Å²) in [5.74, 6) is -0.260. The summed E-state index contributed by atoms with van der Waals surface area (Å²) in [6.07, 6.45) is 2.13. The van der Waals surface area contributed by atoms with E-state index in [1.54, 1.807) is 23.1 Å². The van der Waals surface area contributed by atoms with Gasteiger partial charge in [-0.1, -0.05) is 12.1 Å². The molecule has 0 aliphatic carbocycles. The SMILES string of the molecule is C[C@@H](c1cccc(S(=O)(=O)N(C)C)c1)N1C(=O)[C@H]2C[C@@H]1CN2C[C@H](N)C(=O)N1CCC[C@H]1C#N. The minimum absolute atomic E-state index is 0.0254. The lowest BCUT2D eigenvalue weighted by molar-refractivity contribution is -0.141. The monoisotopic (exact) mass is 488 g/mol. The van der Waals surface area contributed by atoms with Gasteiger partial charge in [-0.25, -0.2) is 12.7 Å². The Kier molecular flexibility index (Phi) is 6.70. The Balaban J connectivity index is 1.43. The van der Waals surface area contributed by atoms with Crippen LogP contribution in [-0.2, 0) is 19.6 Å². The van der Waals surface area contributed by atoms with E-state index in [-0.39, 0.29) is 41.4 Å². The number of rotatable bonds is 7. The molecule has 1 aromatic rings. The number of carbonyl (C=O) groups is 2. The van der Waals surface area contributed by atoms with Crippen molar-refractivity contribution in [3.05, 3.63) is 29.8 Å². The molecule has 10 nitrogen and oxygen atoms in total. The van der Waals surface area contributed by atoms with Crippen molar-refractivity contribution in [2.75, 3.05) is 33.7 Å². The molecular weight excluding hydrogens is 456 g/mol. The van der Waals surface area contributed by atoms with Crippen LogP contribution in [0.4, 0.5) is 0 Å². The highest BCUT2D eigenvalue weighted by atomic mass is 32.2. The Hall–Kier alpha value is -2.52. The fourth-order valence-electron chi connectivity index (χ4n) is 5.41. The number of hydrogen-bond donors (Lipinski definition) is 1. The van der Waals surface area contributed by atoms with Gasteiger partial charge in [0.1, 0.15) is 6.04 Å². The molecule has 11 heteroatoms. The minimum atomic E-state index is -3.57. The molecule has 2 amide bonds. The minimum Gasteiger partial charge on any atom is -0.330 e. The molecule has 1 aromatic carbocycles. The van der Waals surface area contributed by atoms with Gasteiger partial charge in [-0.2, -0.15) is 5.26 Å². The number of nitrogens with two attached hydrogens (primary N) is 1. The average Bonchev–Trinajstić information content (AvgIpc) is 3.52. The lowest BCUT2D eigenvalue weighted by Gasteiger charge is -2.38. The summed E-state index contributed by atoms with van der Waals surface area (Å²) >= 11 is 0. The summed E-state index contributed by atoms with van der Waals surface area (Å²) in [4.78, 5) is 31.6. The van der Waals surface area contributed by atoms with Crippen molar-refractivity contribution in [2.24, 2.45) is 5.73 Å². The van der Waals surface area contributed by atoms with Gasteiger partial charge < -0.3 is 15.5 Å². The van der Waals surface area contributed by atoms with E-state index in [1.807, 2.05) is 22.8 Å². The molecule has 0 aromatic heterocycles. The number of piperazine rings is 1. The number of benzene rings is 1. The molecule has 3 fully saturated rings. The zero-order valence-electron chi connectivity index (χ0n) is 19.8. The molecule has 0 spiro atoms. The van der Waals surface area contributed by atoms with Crippen LogP contribution in [0.5, 0.6) is 0 Å². The first-order chi connectivity index (χ1) is 16.1. The van der Waals surface area contributed by atoms with E-state index < -0.39 is 22.1 Å². The number of likely N-dealkylation sites (tertiary alicyclic amines) is 3. The summed E-state index contributed by atoms with van der Waals surface area (Å²) in [7, 11) is -0.595. The lowest BCUT2D eigenvalue weighted by atomic mass is 10.1. The van der Waals surface area contributed by atoms with Crippen LogP contribution in [0.1, 0.15) is 37.8 Å². The van der Waals surface area contributed by atoms with Crippen LogP contribution in [0.25, 0.3) is 0 Å². The molecule has 3 saturated heterocycles. The summed E-state index contributed by atoms with van der Waals surface area (Å²) < 4.78 is 26.2. The van der Waals surface area contributed by atoms with Crippen molar-refractivity contribution in [3.8, 4) is 6.07 Å². The van der Waals surface area contributed by atoms with E-state index in [4.69, 9.17) is 5.73 Å². The molecule has 184 valence electrons. The van der Waals surface area contributed by atoms with Gasteiger partial charge in [0.2, 0.25) is 21.8 Å². The Morgan fingerprint density at radius 3 is 2.74 bits per heavy atom. The predicted octanol–water partition coefficient (Wildman–Crippen LogP) is 0.125. The Labute approximate surface area is 200 Å². The van der Waals surface area contributed by atoms with Crippen LogP contribution < -0.4 is 5.73 Å². The average molecular weight is 489 g/mol. The van der Waals surface area contributed by atoms with Gasteiger partial charge in [0.25, 0.3) is 0 Å². The number of nitrogens with zero attached hydrogens (tertiary/aromatic N) is 5. The van der Waals surface area contributed by atoms with E-state index >= 15 is 0 Å². The molecule has 3 heterocycles. The third-order valence-corrected chi connectivity index (χ3v) is 9.10. The first-order valence-electron chi connectivity index (χ1n) is 11.6. The number of nitriles is 1. The quantitative estimate of drug-likeness (QED) is 0.577. The molecule has 4 rings (SSSR count). The fourth-order valence-corrected chi connectivity index (χ4v) is 6.37. The third-order valence-electron chi connectivity index (χ3n) is 7.28. The van der Waals surface area contributed by atoms with Gasteiger partial charge in [-0.15, -0.1) is 0 Å². The molecule has 34 heavy (non-hydrogen) atoms. The molecule has 2 N–H and O–H groups in total. The van der Waals surface area contributed by atoms with E-state index in [0.717, 1.165) is 12.0 Å². The molecule has 2 bridgehead atoms. The number of sulfonamides is 1. The van der Waals surface area contributed by atoms with Crippen molar-refractivity contribution in [1.82, 2.24) is 19.0 Å². The first kappa shape index (κ1) is 24.6. The fraction of sp³-hybridized carbons (Fsp3) is 0.609. The zero-order chi connectivity index (χ0) is 24.8. The molecule has 0 radical (unpaired) electrons. The maximum Gasteiger partial charge on any atom is 0.242 e. The van der Waals surface area contributed by atoms with Crippen molar-refractivity contribution in [1.29, 1.82) is 5.26 Å². The van der Waals surface area contributed by atoms with Crippen molar-refractivity contribution in [3.63, 3.8) is 0 Å². The van der Waals surface area contributed by atoms with E-state index in [1.165, 1.54) is 18.4 Å². The highest BCUT2D eigenvalue weighted by Crippen LogP contribution is 2.38. The second kappa shape index (κ2) is 9.26. The van der Waals surface area contributed by atoms with Gasteiger partial charge in [-0.3, -0.25) is 14.5 Å². The van der Waals surface area contributed by atoms with Crippen LogP contribution in [-0.4, -0.2) is 97.1 Å². The first-order valence-corrected chi connectivity index (χ1v) is 13.0. The number of hydrogen-bond acceptors (Lipinski definition) is 7. The number of carbonyl (C=O) groups excluding carboxylic acids is 2. The summed E-state index contributed by atoms with van der Waals surface area (Å²) in [6.45, 7) is 3.34. The molecule has 0 saturated carbocycles. The molecular formula is C23H32N6O4S. The van der Waals surface area contributed by atoms with Gasteiger partial charge in [0.05, 0.1) is 29.1 Å². The summed E-state index contributed by atoms with van der Waals surface area (Å²) in [5, 5.41) is 9.25. The Morgan fingerprint density at radius 1 is 1.35 bits per heavy atom. The topological polar surface area (TPSA) is 131 Å². The van der Waals surface area contributed by atoms with Crippen molar-refractivity contribution < 1.29 is 18.0 Å². The van der Waals surface area contributed by atoms with Crippen molar-refractivity contribution >= 4 is 21.8 Å². The van der Waals surface area contributed by atoms with Crippen LogP contribution in [0, 0.1) is 11.3 Å². The van der Waals surface area contributed by atoms with E-state index in [9.17, 15) is 23.3 Å². The Morgan fingerprint density at radius 2 is 2.09 bits per heavy atom. The maximum absolute atomic E-state index is 13.3. The molecule has 5 atom stereocenters. The van der Waals surface area contributed by atoms with Gasteiger partial charge in [0, 0.05) is 39.8 Å². The Bertz CT molecular complexity index is 1120. The number of fused-ring (bicyclic) bond motifs is 2.